The normalized spacial score (nSPS) is 10.8. The number of benzene rings is 1. The van der Waals surface area contributed by atoms with Gasteiger partial charge in [0, 0.05) is 16.9 Å². The number of rotatable bonds is 4. The van der Waals surface area contributed by atoms with Crippen molar-refractivity contribution in [1.82, 2.24) is 4.98 Å². The minimum absolute atomic E-state index is 0.218. The zero-order chi connectivity index (χ0) is 12.3. The molecule has 4 heteroatoms. The van der Waals surface area contributed by atoms with E-state index in [1.54, 1.807) is 23.5 Å². The lowest BCUT2D eigenvalue weighted by Crippen LogP contribution is -1.99. The van der Waals surface area contributed by atoms with E-state index in [0.29, 0.717) is 6.54 Å². The molecule has 0 unspecified atom stereocenters. The molecule has 2 aromatic rings. The molecule has 1 aromatic heterocycles. The minimum atomic E-state index is -0.218. The van der Waals surface area contributed by atoms with Crippen LogP contribution in [0.5, 0.6) is 0 Å². The average molecular weight is 250 g/mol. The van der Waals surface area contributed by atoms with Crippen molar-refractivity contribution < 1.29 is 4.39 Å². The van der Waals surface area contributed by atoms with E-state index < -0.39 is 0 Å². The van der Waals surface area contributed by atoms with Gasteiger partial charge in [0.25, 0.3) is 0 Å². The van der Waals surface area contributed by atoms with Crippen molar-refractivity contribution in [2.45, 2.75) is 19.8 Å². The fourth-order valence-corrected chi connectivity index (χ4v) is 2.68. The molecule has 2 N–H and O–H groups in total. The maximum atomic E-state index is 12.8. The van der Waals surface area contributed by atoms with E-state index >= 15 is 0 Å². The van der Waals surface area contributed by atoms with Gasteiger partial charge >= 0.3 is 0 Å². The lowest BCUT2D eigenvalue weighted by molar-refractivity contribution is 0.628. The number of hydrogen-bond acceptors (Lipinski definition) is 3. The molecule has 90 valence electrons. The number of nitrogens with two attached hydrogens (primary N) is 1. The van der Waals surface area contributed by atoms with Crippen molar-refractivity contribution in [3.05, 3.63) is 40.0 Å². The van der Waals surface area contributed by atoms with Crippen LogP contribution >= 0.6 is 11.3 Å². The van der Waals surface area contributed by atoms with Crippen molar-refractivity contribution in [3.8, 4) is 11.3 Å². The molecule has 0 amide bonds. The maximum absolute atomic E-state index is 12.8. The first-order valence-electron chi connectivity index (χ1n) is 5.63. The van der Waals surface area contributed by atoms with Gasteiger partial charge in [0.05, 0.1) is 10.7 Å². The highest BCUT2D eigenvalue weighted by molar-refractivity contribution is 7.12. The lowest BCUT2D eigenvalue weighted by atomic mass is 10.1. The van der Waals surface area contributed by atoms with Crippen molar-refractivity contribution >= 4 is 11.3 Å². The molecule has 0 aliphatic heterocycles. The Morgan fingerprint density at radius 3 is 2.65 bits per heavy atom. The Morgan fingerprint density at radius 1 is 1.29 bits per heavy atom. The van der Waals surface area contributed by atoms with Gasteiger partial charge in [-0.2, -0.15) is 0 Å². The van der Waals surface area contributed by atoms with Crippen LogP contribution in [-0.4, -0.2) is 11.5 Å². The highest BCUT2D eigenvalue weighted by atomic mass is 32.1. The summed E-state index contributed by atoms with van der Waals surface area (Å²) in [6, 6.07) is 6.47. The van der Waals surface area contributed by atoms with E-state index in [1.807, 2.05) is 6.92 Å². The lowest BCUT2D eigenvalue weighted by Gasteiger charge is -1.97. The third-order valence-corrected chi connectivity index (χ3v) is 3.58. The summed E-state index contributed by atoms with van der Waals surface area (Å²) >= 11 is 1.69. The van der Waals surface area contributed by atoms with Crippen LogP contribution in [0.4, 0.5) is 4.39 Å². The van der Waals surface area contributed by atoms with Crippen molar-refractivity contribution in [2.75, 3.05) is 6.54 Å². The molecule has 0 atom stereocenters. The Morgan fingerprint density at radius 2 is 2.00 bits per heavy atom. The average Bonchev–Trinajstić information content (AvgIpc) is 2.69. The summed E-state index contributed by atoms with van der Waals surface area (Å²) in [6.45, 7) is 2.73. The van der Waals surface area contributed by atoms with E-state index in [1.165, 1.54) is 17.0 Å². The van der Waals surface area contributed by atoms with Crippen LogP contribution in [0.25, 0.3) is 11.3 Å². The third kappa shape index (κ3) is 2.90. The van der Waals surface area contributed by atoms with E-state index in [2.05, 4.69) is 4.98 Å². The van der Waals surface area contributed by atoms with Crippen LogP contribution in [-0.2, 0) is 6.42 Å². The Labute approximate surface area is 104 Å². The molecule has 2 nitrogen and oxygen atoms in total. The molecule has 17 heavy (non-hydrogen) atoms. The van der Waals surface area contributed by atoms with Crippen LogP contribution in [0, 0.1) is 12.7 Å². The molecule has 0 saturated carbocycles. The third-order valence-electron chi connectivity index (χ3n) is 2.55. The predicted molar refractivity (Wildman–Crippen MR) is 69.6 cm³/mol. The summed E-state index contributed by atoms with van der Waals surface area (Å²) in [5.41, 5.74) is 7.42. The molecule has 0 radical (unpaired) electrons. The smallest absolute Gasteiger partial charge is 0.123 e. The molecule has 2 rings (SSSR count). The van der Waals surface area contributed by atoms with Gasteiger partial charge in [-0.3, -0.25) is 0 Å². The Kier molecular flexibility index (Phi) is 3.86. The first-order chi connectivity index (χ1) is 8.20. The molecular formula is C13H15FN2S. The van der Waals surface area contributed by atoms with Crippen LogP contribution in [0.15, 0.2) is 24.3 Å². The number of hydrogen-bond donors (Lipinski definition) is 1. The van der Waals surface area contributed by atoms with Crippen LogP contribution in [0.2, 0.25) is 0 Å². The summed E-state index contributed by atoms with van der Waals surface area (Å²) in [7, 11) is 0. The molecule has 0 aliphatic carbocycles. The maximum Gasteiger partial charge on any atom is 0.123 e. The molecule has 0 fully saturated rings. The molecule has 0 bridgehead atoms. The fraction of sp³-hybridized carbons (Fsp3) is 0.308. The summed E-state index contributed by atoms with van der Waals surface area (Å²) < 4.78 is 12.8. The molecule has 0 saturated heterocycles. The summed E-state index contributed by atoms with van der Waals surface area (Å²) in [4.78, 5) is 5.76. The van der Waals surface area contributed by atoms with Gasteiger partial charge in [0.2, 0.25) is 0 Å². The Bertz CT molecular complexity index is 491. The molecule has 0 aliphatic rings. The van der Waals surface area contributed by atoms with Gasteiger partial charge in [0.1, 0.15) is 5.82 Å². The van der Waals surface area contributed by atoms with E-state index in [0.717, 1.165) is 29.1 Å². The quantitative estimate of drug-likeness (QED) is 0.905. The van der Waals surface area contributed by atoms with E-state index in [4.69, 9.17) is 5.73 Å². The molecule has 0 spiro atoms. The van der Waals surface area contributed by atoms with Gasteiger partial charge in [-0.1, -0.05) is 0 Å². The number of thiazole rings is 1. The number of nitrogens with zero attached hydrogens (tertiary/aromatic N) is 1. The Hall–Kier alpha value is -1.26. The zero-order valence-corrected chi connectivity index (χ0v) is 10.6. The van der Waals surface area contributed by atoms with E-state index in [-0.39, 0.29) is 5.82 Å². The number of halogens is 1. The van der Waals surface area contributed by atoms with Gasteiger partial charge < -0.3 is 5.73 Å². The molecular weight excluding hydrogens is 235 g/mol. The SMILES string of the molecule is Cc1sc(CCCN)nc1-c1ccc(F)cc1. The molecule has 1 aromatic carbocycles. The van der Waals surface area contributed by atoms with Crippen LogP contribution in [0.1, 0.15) is 16.3 Å². The molecule has 1 heterocycles. The van der Waals surface area contributed by atoms with Crippen molar-refractivity contribution in [1.29, 1.82) is 0 Å². The predicted octanol–water partition coefficient (Wildman–Crippen LogP) is 3.15. The monoisotopic (exact) mass is 250 g/mol. The standard InChI is InChI=1S/C13H15FN2S/c1-9-13(10-4-6-11(14)7-5-10)16-12(17-9)3-2-8-15/h4-7H,2-3,8,15H2,1H3. The topological polar surface area (TPSA) is 38.9 Å². The van der Waals surface area contributed by atoms with Gasteiger partial charge in [-0.05, 0) is 44.2 Å². The van der Waals surface area contributed by atoms with Gasteiger partial charge in [-0.25, -0.2) is 9.37 Å². The highest BCUT2D eigenvalue weighted by Gasteiger charge is 2.09. The van der Waals surface area contributed by atoms with Gasteiger partial charge in [0.15, 0.2) is 0 Å². The first-order valence-corrected chi connectivity index (χ1v) is 6.44. The number of aryl methyl sites for hydroxylation is 2. The second-order valence-corrected chi connectivity index (χ2v) is 5.20. The first kappa shape index (κ1) is 12.2. The summed E-state index contributed by atoms with van der Waals surface area (Å²) in [6.07, 6.45) is 1.87. The van der Waals surface area contributed by atoms with Crippen LogP contribution < -0.4 is 5.73 Å². The summed E-state index contributed by atoms with van der Waals surface area (Å²) in [5, 5.41) is 1.10. The highest BCUT2D eigenvalue weighted by Crippen LogP contribution is 2.28. The van der Waals surface area contributed by atoms with E-state index in [9.17, 15) is 4.39 Å². The Balaban J connectivity index is 2.26. The van der Waals surface area contributed by atoms with Crippen molar-refractivity contribution in [3.63, 3.8) is 0 Å². The summed E-state index contributed by atoms with van der Waals surface area (Å²) in [5.74, 6) is -0.218. The minimum Gasteiger partial charge on any atom is -0.330 e. The van der Waals surface area contributed by atoms with Crippen LogP contribution in [0.3, 0.4) is 0 Å². The second-order valence-electron chi connectivity index (χ2n) is 3.91. The second kappa shape index (κ2) is 5.38. The van der Waals surface area contributed by atoms with Crippen molar-refractivity contribution in [2.24, 2.45) is 5.73 Å². The zero-order valence-electron chi connectivity index (χ0n) is 9.74. The number of aromatic nitrogens is 1. The largest absolute Gasteiger partial charge is 0.330 e. The fourth-order valence-electron chi connectivity index (χ4n) is 1.69. The van der Waals surface area contributed by atoms with Gasteiger partial charge in [-0.15, -0.1) is 11.3 Å².